The number of fused-ring (bicyclic) bond motifs is 2. The lowest BCUT2D eigenvalue weighted by molar-refractivity contribution is 0.375. The Morgan fingerprint density at radius 2 is 2.15 bits per heavy atom. The molecule has 0 radical (unpaired) electrons. The van der Waals surface area contributed by atoms with Crippen molar-refractivity contribution in [2.24, 2.45) is 0 Å². The summed E-state index contributed by atoms with van der Waals surface area (Å²) in [6, 6.07) is 11.3. The Morgan fingerprint density at radius 1 is 1.19 bits per heavy atom. The summed E-state index contributed by atoms with van der Waals surface area (Å²) in [5.41, 5.74) is 5.11. The lowest BCUT2D eigenvalue weighted by atomic mass is 9.90. The third-order valence-electron chi connectivity index (χ3n) is 5.19. The summed E-state index contributed by atoms with van der Waals surface area (Å²) >= 11 is 3.51. The number of piperidine rings is 1. The van der Waals surface area contributed by atoms with Gasteiger partial charge in [-0.2, -0.15) is 0 Å². The first kappa shape index (κ1) is 16.2. The van der Waals surface area contributed by atoms with Gasteiger partial charge in [0.15, 0.2) is 0 Å². The number of thiazole rings is 1. The summed E-state index contributed by atoms with van der Waals surface area (Å²) in [7, 11) is 0. The molecule has 1 saturated heterocycles. The zero-order chi connectivity index (χ0) is 17.5. The summed E-state index contributed by atoms with van der Waals surface area (Å²) in [4.78, 5) is 11.6. The molecule has 2 atom stereocenters. The lowest BCUT2D eigenvalue weighted by Crippen LogP contribution is -2.37. The van der Waals surface area contributed by atoms with Crippen molar-refractivity contribution in [1.82, 2.24) is 15.3 Å². The molecule has 0 unspecified atom stereocenters. The van der Waals surface area contributed by atoms with Crippen molar-refractivity contribution in [1.29, 1.82) is 0 Å². The molecular weight excluding hydrogens is 360 g/mol. The van der Waals surface area contributed by atoms with E-state index in [0.717, 1.165) is 28.3 Å². The van der Waals surface area contributed by atoms with Gasteiger partial charge in [0.1, 0.15) is 4.83 Å². The number of aromatic nitrogens is 2. The van der Waals surface area contributed by atoms with Gasteiger partial charge in [0.25, 0.3) is 0 Å². The Morgan fingerprint density at radius 3 is 3.08 bits per heavy atom. The van der Waals surface area contributed by atoms with E-state index in [1.165, 1.54) is 27.8 Å². The zero-order valence-corrected chi connectivity index (χ0v) is 16.2. The number of hydrogen-bond donors (Lipinski definition) is 2. The number of anilines is 2. The van der Waals surface area contributed by atoms with Crippen LogP contribution in [0.3, 0.4) is 0 Å². The standard InChI is InChI=1S/C20H20N4S2/c1-12-14(3-2-7-21-12)19-10-15-16(6-8-22-20(15)26-19)24-13-4-5-18-17(9-13)23-11-25-18/h4-6,8-12,14,21H,2-3,7H2,1H3,(H,22,24)/t12-,14-/m0/s1. The van der Waals surface area contributed by atoms with Gasteiger partial charge in [0.05, 0.1) is 21.4 Å². The number of rotatable bonds is 3. The van der Waals surface area contributed by atoms with E-state index in [9.17, 15) is 0 Å². The highest BCUT2D eigenvalue weighted by Crippen LogP contribution is 2.38. The van der Waals surface area contributed by atoms with Crippen LogP contribution in [0.2, 0.25) is 0 Å². The molecule has 1 aromatic carbocycles. The monoisotopic (exact) mass is 380 g/mol. The molecule has 0 aliphatic carbocycles. The number of hydrogen-bond acceptors (Lipinski definition) is 6. The van der Waals surface area contributed by atoms with Gasteiger partial charge >= 0.3 is 0 Å². The van der Waals surface area contributed by atoms with Gasteiger partial charge in [-0.1, -0.05) is 0 Å². The normalized spacial score (nSPS) is 20.7. The van der Waals surface area contributed by atoms with Gasteiger partial charge in [-0.25, -0.2) is 9.97 Å². The molecule has 0 spiro atoms. The fourth-order valence-corrected chi connectivity index (χ4v) is 5.70. The second kappa shape index (κ2) is 6.61. The fraction of sp³-hybridized carbons (Fsp3) is 0.300. The topological polar surface area (TPSA) is 49.8 Å². The van der Waals surface area contributed by atoms with E-state index in [1.807, 2.05) is 23.0 Å². The van der Waals surface area contributed by atoms with Gasteiger partial charge in [0, 0.05) is 34.1 Å². The quantitative estimate of drug-likeness (QED) is 0.492. The molecule has 4 aromatic rings. The molecule has 1 fully saturated rings. The number of thiophene rings is 1. The van der Waals surface area contributed by atoms with Crippen LogP contribution in [-0.2, 0) is 0 Å². The molecule has 26 heavy (non-hydrogen) atoms. The molecule has 5 rings (SSSR count). The Labute approximate surface area is 160 Å². The molecule has 0 saturated carbocycles. The van der Waals surface area contributed by atoms with Gasteiger partial charge in [-0.05, 0) is 56.6 Å². The lowest BCUT2D eigenvalue weighted by Gasteiger charge is -2.29. The predicted molar refractivity (Wildman–Crippen MR) is 112 cm³/mol. The summed E-state index contributed by atoms with van der Waals surface area (Å²) in [5, 5.41) is 8.39. The van der Waals surface area contributed by atoms with Crippen LogP contribution in [0.4, 0.5) is 11.4 Å². The third kappa shape index (κ3) is 2.88. The molecule has 0 amide bonds. The summed E-state index contributed by atoms with van der Waals surface area (Å²) in [5.74, 6) is 0.585. The number of nitrogens with zero attached hydrogens (tertiary/aromatic N) is 2. The van der Waals surface area contributed by atoms with E-state index < -0.39 is 0 Å². The highest BCUT2D eigenvalue weighted by Gasteiger charge is 2.24. The molecule has 1 aliphatic rings. The average molecular weight is 381 g/mol. The molecule has 2 N–H and O–H groups in total. The van der Waals surface area contributed by atoms with Crippen LogP contribution in [-0.4, -0.2) is 22.6 Å². The van der Waals surface area contributed by atoms with Crippen LogP contribution in [0.25, 0.3) is 20.4 Å². The zero-order valence-electron chi connectivity index (χ0n) is 14.5. The molecule has 6 heteroatoms. The van der Waals surface area contributed by atoms with Crippen molar-refractivity contribution in [2.45, 2.75) is 31.7 Å². The van der Waals surface area contributed by atoms with Crippen LogP contribution < -0.4 is 10.6 Å². The van der Waals surface area contributed by atoms with Gasteiger partial charge in [0.2, 0.25) is 0 Å². The Bertz CT molecular complexity index is 1070. The van der Waals surface area contributed by atoms with Crippen LogP contribution in [0.15, 0.2) is 42.0 Å². The van der Waals surface area contributed by atoms with E-state index in [-0.39, 0.29) is 0 Å². The van der Waals surface area contributed by atoms with Crippen molar-refractivity contribution in [2.75, 3.05) is 11.9 Å². The van der Waals surface area contributed by atoms with E-state index in [2.05, 4.69) is 57.9 Å². The highest BCUT2D eigenvalue weighted by atomic mass is 32.1. The highest BCUT2D eigenvalue weighted by molar-refractivity contribution is 7.18. The average Bonchev–Trinajstić information content (AvgIpc) is 3.28. The molecule has 132 valence electrons. The molecule has 3 aromatic heterocycles. The van der Waals surface area contributed by atoms with Crippen LogP contribution in [0.1, 0.15) is 30.6 Å². The predicted octanol–water partition coefficient (Wildman–Crippen LogP) is 5.51. The SMILES string of the molecule is C[C@@H]1NCCC[C@@H]1c1cc2c(Nc3ccc4scnc4c3)ccnc2s1. The largest absolute Gasteiger partial charge is 0.355 e. The first-order valence-corrected chi connectivity index (χ1v) is 10.7. The van der Waals surface area contributed by atoms with Crippen molar-refractivity contribution in [3.63, 3.8) is 0 Å². The summed E-state index contributed by atoms with van der Waals surface area (Å²) in [6.07, 6.45) is 4.40. The van der Waals surface area contributed by atoms with Crippen molar-refractivity contribution >= 4 is 54.5 Å². The Balaban J connectivity index is 1.51. The number of pyridine rings is 1. The molecular formula is C20H20N4S2. The fourth-order valence-electron chi connectivity index (χ4n) is 3.77. The minimum Gasteiger partial charge on any atom is -0.355 e. The van der Waals surface area contributed by atoms with Crippen molar-refractivity contribution in [3.8, 4) is 0 Å². The van der Waals surface area contributed by atoms with Crippen molar-refractivity contribution < 1.29 is 0 Å². The van der Waals surface area contributed by atoms with E-state index in [0.29, 0.717) is 12.0 Å². The van der Waals surface area contributed by atoms with E-state index in [1.54, 1.807) is 11.3 Å². The first-order chi connectivity index (χ1) is 12.8. The maximum atomic E-state index is 4.61. The molecule has 4 nitrogen and oxygen atoms in total. The molecule has 0 bridgehead atoms. The van der Waals surface area contributed by atoms with Crippen molar-refractivity contribution in [3.05, 3.63) is 46.9 Å². The maximum Gasteiger partial charge on any atom is 0.125 e. The molecule has 4 heterocycles. The molecule has 1 aliphatic heterocycles. The van der Waals surface area contributed by atoms with E-state index >= 15 is 0 Å². The first-order valence-electron chi connectivity index (χ1n) is 9.00. The van der Waals surface area contributed by atoms with Crippen LogP contribution in [0, 0.1) is 0 Å². The summed E-state index contributed by atoms with van der Waals surface area (Å²) in [6.45, 7) is 3.43. The Hall–Kier alpha value is -2.02. The van der Waals surface area contributed by atoms with Crippen LogP contribution >= 0.6 is 22.7 Å². The van der Waals surface area contributed by atoms with Crippen LogP contribution in [0.5, 0.6) is 0 Å². The minimum absolute atomic E-state index is 0.528. The van der Waals surface area contributed by atoms with E-state index in [4.69, 9.17) is 0 Å². The second-order valence-electron chi connectivity index (χ2n) is 6.88. The van der Waals surface area contributed by atoms with Gasteiger partial charge in [-0.3, -0.25) is 0 Å². The minimum atomic E-state index is 0.528. The van der Waals surface area contributed by atoms with Gasteiger partial charge < -0.3 is 10.6 Å². The smallest absolute Gasteiger partial charge is 0.125 e. The number of benzene rings is 1. The third-order valence-corrected chi connectivity index (χ3v) is 7.18. The van der Waals surface area contributed by atoms with Gasteiger partial charge in [-0.15, -0.1) is 22.7 Å². The summed E-state index contributed by atoms with van der Waals surface area (Å²) < 4.78 is 1.21. The Kier molecular flexibility index (Phi) is 4.11. The second-order valence-corrected chi connectivity index (χ2v) is 8.83. The maximum absolute atomic E-state index is 4.61. The number of nitrogens with one attached hydrogen (secondary N) is 2.